The highest BCUT2D eigenvalue weighted by Crippen LogP contribution is 2.22. The highest BCUT2D eigenvalue weighted by Gasteiger charge is 2.19. The Bertz CT molecular complexity index is 723. The van der Waals surface area contributed by atoms with E-state index >= 15 is 0 Å². The van der Waals surface area contributed by atoms with Crippen LogP contribution in [-0.4, -0.2) is 49.3 Å². The third kappa shape index (κ3) is 3.27. The van der Waals surface area contributed by atoms with Gasteiger partial charge in [-0.2, -0.15) is 0 Å². The van der Waals surface area contributed by atoms with Crippen LogP contribution in [0.1, 0.15) is 16.1 Å². The number of aryl methyl sites for hydroxylation is 1. The monoisotopic (exact) mass is 327 g/mol. The Morgan fingerprint density at radius 2 is 1.67 bits per heavy atom. The lowest BCUT2D eigenvalue weighted by atomic mass is 10.2. The number of rotatable bonds is 3. The molecule has 0 unspecified atom stereocenters. The van der Waals surface area contributed by atoms with Gasteiger partial charge in [-0.1, -0.05) is 0 Å². The van der Waals surface area contributed by atoms with E-state index in [-0.39, 0.29) is 11.7 Å². The Labute approximate surface area is 141 Å². The highest BCUT2D eigenvalue weighted by atomic mass is 16.5. The number of aromatic nitrogens is 1. The molecule has 1 saturated heterocycles. The molecule has 1 aromatic heterocycles. The molecule has 1 N–H and O–H groups in total. The van der Waals surface area contributed by atoms with Crippen LogP contribution >= 0.6 is 0 Å². The maximum absolute atomic E-state index is 11.5. The molecule has 0 spiro atoms. The Balaban J connectivity index is 1.64. The summed E-state index contributed by atoms with van der Waals surface area (Å²) in [7, 11) is 1.38. The number of benzene rings is 1. The average molecular weight is 327 g/mol. The summed E-state index contributed by atoms with van der Waals surface area (Å²) in [6, 6.07) is 11.0. The number of hydrogen-bond acceptors (Lipinski definition) is 6. The van der Waals surface area contributed by atoms with Crippen molar-refractivity contribution in [3.63, 3.8) is 0 Å². The van der Waals surface area contributed by atoms with Gasteiger partial charge in [-0.3, -0.25) is 0 Å². The van der Waals surface area contributed by atoms with Crippen molar-refractivity contribution in [2.75, 3.05) is 43.1 Å². The maximum Gasteiger partial charge on any atom is 0.337 e. The Morgan fingerprint density at radius 3 is 2.25 bits per heavy atom. The zero-order chi connectivity index (χ0) is 17.1. The fourth-order valence-electron chi connectivity index (χ4n) is 2.84. The molecule has 2 aromatic rings. The number of carbonyl (C=O) groups excluding carboxylic acids is 1. The van der Waals surface area contributed by atoms with Crippen LogP contribution in [0.2, 0.25) is 0 Å². The van der Waals surface area contributed by atoms with E-state index in [4.69, 9.17) is 4.74 Å². The molecular weight excluding hydrogens is 306 g/mol. The van der Waals surface area contributed by atoms with E-state index in [0.29, 0.717) is 11.3 Å². The Kier molecular flexibility index (Phi) is 4.55. The van der Waals surface area contributed by atoms with Crippen LogP contribution in [0.15, 0.2) is 36.4 Å². The van der Waals surface area contributed by atoms with Crippen LogP contribution in [0, 0.1) is 6.92 Å². The number of aromatic hydroxyl groups is 1. The molecule has 2 heterocycles. The summed E-state index contributed by atoms with van der Waals surface area (Å²) in [4.78, 5) is 20.4. The summed E-state index contributed by atoms with van der Waals surface area (Å²) in [5.41, 5.74) is 2.30. The lowest BCUT2D eigenvalue weighted by Gasteiger charge is -2.36. The van der Waals surface area contributed by atoms with E-state index in [2.05, 4.69) is 14.8 Å². The van der Waals surface area contributed by atoms with Gasteiger partial charge in [0.2, 0.25) is 0 Å². The molecule has 3 rings (SSSR count). The second-order valence-electron chi connectivity index (χ2n) is 5.79. The van der Waals surface area contributed by atoms with Crippen LogP contribution in [0.4, 0.5) is 11.5 Å². The van der Waals surface area contributed by atoms with Gasteiger partial charge in [0, 0.05) is 31.9 Å². The van der Waals surface area contributed by atoms with Gasteiger partial charge in [0.1, 0.15) is 11.6 Å². The van der Waals surface area contributed by atoms with Crippen molar-refractivity contribution in [2.45, 2.75) is 6.92 Å². The van der Waals surface area contributed by atoms with E-state index in [1.54, 1.807) is 25.1 Å². The maximum atomic E-state index is 11.5. The molecule has 126 valence electrons. The first-order valence-electron chi connectivity index (χ1n) is 7.93. The first-order valence-corrected chi connectivity index (χ1v) is 7.93. The van der Waals surface area contributed by atoms with Crippen molar-refractivity contribution in [3.8, 4) is 5.75 Å². The zero-order valence-corrected chi connectivity index (χ0v) is 13.9. The number of methoxy groups -OCH3 is 1. The second kappa shape index (κ2) is 6.78. The molecule has 0 amide bonds. The lowest BCUT2D eigenvalue weighted by molar-refractivity contribution is 0.0601. The summed E-state index contributed by atoms with van der Waals surface area (Å²) >= 11 is 0. The van der Waals surface area contributed by atoms with Crippen LogP contribution in [0.25, 0.3) is 0 Å². The quantitative estimate of drug-likeness (QED) is 0.872. The number of piperazine rings is 1. The number of pyridine rings is 1. The Hall–Kier alpha value is -2.76. The fraction of sp³-hybridized carbons (Fsp3) is 0.333. The SMILES string of the molecule is COC(=O)c1ccc(N2CCN(c3ccc(O)c(C)n3)CC2)cc1. The zero-order valence-electron chi connectivity index (χ0n) is 13.9. The summed E-state index contributed by atoms with van der Waals surface area (Å²) in [5, 5.41) is 9.59. The number of anilines is 2. The summed E-state index contributed by atoms with van der Waals surface area (Å²) in [6.07, 6.45) is 0. The van der Waals surface area contributed by atoms with E-state index in [0.717, 1.165) is 37.7 Å². The Morgan fingerprint density at radius 1 is 1.04 bits per heavy atom. The molecule has 0 bridgehead atoms. The predicted molar refractivity (Wildman–Crippen MR) is 92.8 cm³/mol. The first-order chi connectivity index (χ1) is 11.6. The van der Waals surface area contributed by atoms with Crippen molar-refractivity contribution in [1.29, 1.82) is 0 Å². The minimum absolute atomic E-state index is 0.225. The summed E-state index contributed by atoms with van der Waals surface area (Å²) in [5.74, 6) is 0.800. The molecule has 24 heavy (non-hydrogen) atoms. The highest BCUT2D eigenvalue weighted by molar-refractivity contribution is 5.89. The molecule has 1 aliphatic heterocycles. The summed E-state index contributed by atoms with van der Waals surface area (Å²) < 4.78 is 4.72. The van der Waals surface area contributed by atoms with E-state index in [1.807, 2.05) is 18.2 Å². The predicted octanol–water partition coefficient (Wildman–Crippen LogP) is 2.21. The van der Waals surface area contributed by atoms with Crippen molar-refractivity contribution in [3.05, 3.63) is 47.7 Å². The van der Waals surface area contributed by atoms with Gasteiger partial charge in [-0.15, -0.1) is 0 Å². The molecule has 1 fully saturated rings. The van der Waals surface area contributed by atoms with E-state index in [9.17, 15) is 9.90 Å². The van der Waals surface area contributed by atoms with Crippen LogP contribution in [-0.2, 0) is 4.74 Å². The van der Waals surface area contributed by atoms with Crippen molar-refractivity contribution < 1.29 is 14.6 Å². The molecule has 6 nitrogen and oxygen atoms in total. The van der Waals surface area contributed by atoms with Gasteiger partial charge < -0.3 is 19.6 Å². The number of hydrogen-bond donors (Lipinski definition) is 1. The van der Waals surface area contributed by atoms with Crippen LogP contribution in [0.5, 0.6) is 5.75 Å². The standard InChI is InChI=1S/C18H21N3O3/c1-13-16(22)7-8-17(19-13)21-11-9-20(10-12-21)15-5-3-14(4-6-15)18(23)24-2/h3-8,22H,9-12H2,1-2H3. The smallest absolute Gasteiger partial charge is 0.337 e. The molecule has 0 saturated carbocycles. The molecule has 0 atom stereocenters. The third-order valence-corrected chi connectivity index (χ3v) is 4.30. The van der Waals surface area contributed by atoms with Gasteiger partial charge in [0.05, 0.1) is 18.4 Å². The van der Waals surface area contributed by atoms with Gasteiger partial charge in [-0.25, -0.2) is 9.78 Å². The lowest BCUT2D eigenvalue weighted by Crippen LogP contribution is -2.46. The third-order valence-electron chi connectivity index (χ3n) is 4.30. The first kappa shape index (κ1) is 16.1. The van der Waals surface area contributed by atoms with Crippen molar-refractivity contribution in [1.82, 2.24) is 4.98 Å². The molecule has 1 aromatic carbocycles. The van der Waals surface area contributed by atoms with Gasteiger partial charge in [0.25, 0.3) is 0 Å². The fourth-order valence-corrected chi connectivity index (χ4v) is 2.84. The molecule has 0 radical (unpaired) electrons. The minimum atomic E-state index is -0.319. The minimum Gasteiger partial charge on any atom is -0.506 e. The number of carbonyl (C=O) groups is 1. The van der Waals surface area contributed by atoms with Crippen LogP contribution < -0.4 is 9.80 Å². The number of esters is 1. The topological polar surface area (TPSA) is 65.9 Å². The molecule has 0 aliphatic carbocycles. The van der Waals surface area contributed by atoms with E-state index in [1.165, 1.54) is 7.11 Å². The second-order valence-corrected chi connectivity index (χ2v) is 5.79. The van der Waals surface area contributed by atoms with E-state index < -0.39 is 0 Å². The van der Waals surface area contributed by atoms with Gasteiger partial charge in [0.15, 0.2) is 0 Å². The number of ether oxygens (including phenoxy) is 1. The van der Waals surface area contributed by atoms with Gasteiger partial charge in [-0.05, 0) is 43.3 Å². The molecule has 6 heteroatoms. The van der Waals surface area contributed by atoms with Crippen LogP contribution in [0.3, 0.4) is 0 Å². The number of nitrogens with zero attached hydrogens (tertiary/aromatic N) is 3. The normalized spacial score (nSPS) is 14.6. The summed E-state index contributed by atoms with van der Waals surface area (Å²) in [6.45, 7) is 5.27. The molecular formula is C18H21N3O3. The largest absolute Gasteiger partial charge is 0.506 e. The van der Waals surface area contributed by atoms with Gasteiger partial charge >= 0.3 is 5.97 Å². The molecule has 1 aliphatic rings. The average Bonchev–Trinajstić information content (AvgIpc) is 2.63. The van der Waals surface area contributed by atoms with Crippen molar-refractivity contribution >= 4 is 17.5 Å². The van der Waals surface area contributed by atoms with Crippen molar-refractivity contribution in [2.24, 2.45) is 0 Å².